The van der Waals surface area contributed by atoms with Crippen molar-refractivity contribution in [2.75, 3.05) is 11.9 Å². The minimum atomic E-state index is -0.446. The molecule has 2 aromatic rings. The van der Waals surface area contributed by atoms with Gasteiger partial charge >= 0.3 is 0 Å². The molecule has 0 aliphatic rings. The van der Waals surface area contributed by atoms with Crippen molar-refractivity contribution in [3.8, 4) is 0 Å². The average molecular weight is 326 g/mol. The van der Waals surface area contributed by atoms with Gasteiger partial charge in [0.1, 0.15) is 0 Å². The summed E-state index contributed by atoms with van der Waals surface area (Å²) < 4.78 is 1.12. The van der Waals surface area contributed by atoms with Crippen LogP contribution in [0.25, 0.3) is 0 Å². The van der Waals surface area contributed by atoms with Crippen molar-refractivity contribution in [3.05, 3.63) is 50.6 Å². The van der Waals surface area contributed by atoms with Gasteiger partial charge in [-0.25, -0.2) is 0 Å². The number of benzene rings is 1. The zero-order valence-electron chi connectivity index (χ0n) is 10.4. The Bertz CT molecular complexity index is 524. The van der Waals surface area contributed by atoms with E-state index in [-0.39, 0.29) is 0 Å². The van der Waals surface area contributed by atoms with Gasteiger partial charge in [0.25, 0.3) is 0 Å². The van der Waals surface area contributed by atoms with E-state index in [9.17, 15) is 5.11 Å². The largest absolute Gasteiger partial charge is 0.389 e. The van der Waals surface area contributed by atoms with Gasteiger partial charge in [-0.2, -0.15) is 0 Å². The zero-order chi connectivity index (χ0) is 13.1. The summed E-state index contributed by atoms with van der Waals surface area (Å²) in [6.07, 6.45) is -0.446. The minimum Gasteiger partial charge on any atom is -0.389 e. The van der Waals surface area contributed by atoms with E-state index in [2.05, 4.69) is 39.3 Å². The van der Waals surface area contributed by atoms with Gasteiger partial charge < -0.3 is 10.0 Å². The fourth-order valence-electron chi connectivity index (χ4n) is 1.94. The fourth-order valence-corrected chi connectivity index (χ4v) is 3.45. The van der Waals surface area contributed by atoms with Crippen molar-refractivity contribution in [2.24, 2.45) is 0 Å². The Hall–Kier alpha value is -0.840. The molecular formula is C14H16BrNOS. The normalized spacial score (nSPS) is 12.4. The second kappa shape index (κ2) is 5.87. The maximum Gasteiger partial charge on any atom is 0.0781 e. The number of rotatable bonds is 4. The van der Waals surface area contributed by atoms with E-state index in [1.807, 2.05) is 24.3 Å². The first-order chi connectivity index (χ1) is 8.58. The summed E-state index contributed by atoms with van der Waals surface area (Å²) in [6, 6.07) is 10.1. The molecule has 0 radical (unpaired) electrons. The molecule has 96 valence electrons. The van der Waals surface area contributed by atoms with Crippen LogP contribution in [-0.2, 0) is 6.54 Å². The lowest BCUT2D eigenvalue weighted by molar-refractivity contribution is 0.199. The molecule has 0 spiro atoms. The smallest absolute Gasteiger partial charge is 0.0781 e. The molecule has 0 aliphatic carbocycles. The lowest BCUT2D eigenvalue weighted by Crippen LogP contribution is -2.17. The minimum absolute atomic E-state index is 0.446. The summed E-state index contributed by atoms with van der Waals surface area (Å²) in [7, 11) is 2.05. The molecule has 0 aliphatic heterocycles. The highest BCUT2D eigenvalue weighted by molar-refractivity contribution is 9.10. The van der Waals surface area contributed by atoms with Crippen LogP contribution in [0.5, 0.6) is 0 Å². The number of aliphatic hydroxyl groups excluding tert-OH is 1. The standard InChI is InChI=1S/C14H16BrNOS/c1-10(17)13-5-3-4-6-14(13)16(2)8-12-7-11(15)9-18-12/h3-7,9-10,17H,8H2,1-2H3/t10-/m1/s1. The first-order valence-electron chi connectivity index (χ1n) is 5.79. The van der Waals surface area contributed by atoms with Crippen molar-refractivity contribution in [1.29, 1.82) is 0 Å². The van der Waals surface area contributed by atoms with Gasteiger partial charge in [-0.3, -0.25) is 0 Å². The summed E-state index contributed by atoms with van der Waals surface area (Å²) in [5.41, 5.74) is 2.05. The second-order valence-electron chi connectivity index (χ2n) is 4.32. The van der Waals surface area contributed by atoms with E-state index >= 15 is 0 Å². The Labute approximate surface area is 120 Å². The molecule has 1 N–H and O–H groups in total. The van der Waals surface area contributed by atoms with Gasteiger partial charge in [-0.05, 0) is 35.0 Å². The Morgan fingerprint density at radius 3 is 2.72 bits per heavy atom. The molecule has 1 aromatic carbocycles. The number of hydrogen-bond acceptors (Lipinski definition) is 3. The molecule has 2 nitrogen and oxygen atoms in total. The summed E-state index contributed by atoms with van der Waals surface area (Å²) in [6.45, 7) is 2.65. The van der Waals surface area contributed by atoms with Gasteiger partial charge in [-0.15, -0.1) is 11.3 Å². The molecule has 2 rings (SSSR count). The number of hydrogen-bond donors (Lipinski definition) is 1. The third-order valence-electron chi connectivity index (χ3n) is 2.81. The average Bonchev–Trinajstić information content (AvgIpc) is 2.74. The number of anilines is 1. The number of halogens is 1. The van der Waals surface area contributed by atoms with Crippen LogP contribution in [0.1, 0.15) is 23.5 Å². The molecule has 0 saturated heterocycles. The van der Waals surface area contributed by atoms with Crippen LogP contribution < -0.4 is 4.90 Å². The number of thiophene rings is 1. The lowest BCUT2D eigenvalue weighted by Gasteiger charge is -2.23. The molecule has 18 heavy (non-hydrogen) atoms. The summed E-state index contributed by atoms with van der Waals surface area (Å²) in [4.78, 5) is 3.46. The topological polar surface area (TPSA) is 23.5 Å². The molecule has 1 heterocycles. The van der Waals surface area contributed by atoms with Crippen molar-refractivity contribution < 1.29 is 5.11 Å². The molecule has 0 unspecified atom stereocenters. The van der Waals surface area contributed by atoms with E-state index in [1.54, 1.807) is 18.3 Å². The van der Waals surface area contributed by atoms with Crippen LogP contribution >= 0.6 is 27.3 Å². The van der Waals surface area contributed by atoms with Gasteiger partial charge in [0.2, 0.25) is 0 Å². The molecule has 1 aromatic heterocycles. The molecule has 1 atom stereocenters. The molecule has 0 saturated carbocycles. The van der Waals surface area contributed by atoms with E-state index in [0.717, 1.165) is 22.3 Å². The van der Waals surface area contributed by atoms with Crippen LogP contribution in [0.3, 0.4) is 0 Å². The predicted octanol–water partition coefficient (Wildman–Crippen LogP) is 4.20. The predicted molar refractivity (Wildman–Crippen MR) is 81.2 cm³/mol. The van der Waals surface area contributed by atoms with Crippen LogP contribution in [-0.4, -0.2) is 12.2 Å². The highest BCUT2D eigenvalue weighted by Gasteiger charge is 2.11. The molecule has 0 amide bonds. The number of aliphatic hydroxyl groups is 1. The maximum atomic E-state index is 9.79. The van der Waals surface area contributed by atoms with E-state index in [4.69, 9.17) is 0 Å². The molecule has 4 heteroatoms. The summed E-state index contributed by atoms with van der Waals surface area (Å²) >= 11 is 5.20. The van der Waals surface area contributed by atoms with Crippen molar-refractivity contribution in [1.82, 2.24) is 0 Å². The summed E-state index contributed by atoms with van der Waals surface area (Å²) in [5.74, 6) is 0. The molecule has 0 fully saturated rings. The van der Waals surface area contributed by atoms with Crippen molar-refractivity contribution >= 4 is 33.0 Å². The van der Waals surface area contributed by atoms with Gasteiger partial charge in [0, 0.05) is 33.0 Å². The molecule has 0 bridgehead atoms. The van der Waals surface area contributed by atoms with Gasteiger partial charge in [0.15, 0.2) is 0 Å². The van der Waals surface area contributed by atoms with E-state index in [0.29, 0.717) is 0 Å². The first kappa shape index (κ1) is 13.6. The van der Waals surface area contributed by atoms with E-state index < -0.39 is 6.10 Å². The van der Waals surface area contributed by atoms with Crippen LogP contribution in [0.4, 0.5) is 5.69 Å². The lowest BCUT2D eigenvalue weighted by atomic mass is 10.1. The third kappa shape index (κ3) is 3.13. The number of para-hydroxylation sites is 1. The van der Waals surface area contributed by atoms with Gasteiger partial charge in [0.05, 0.1) is 12.6 Å². The van der Waals surface area contributed by atoms with Crippen LogP contribution in [0.2, 0.25) is 0 Å². The number of nitrogens with zero attached hydrogens (tertiary/aromatic N) is 1. The van der Waals surface area contributed by atoms with Crippen molar-refractivity contribution in [2.45, 2.75) is 19.6 Å². The van der Waals surface area contributed by atoms with Crippen LogP contribution in [0.15, 0.2) is 40.2 Å². The monoisotopic (exact) mass is 325 g/mol. The Kier molecular flexibility index (Phi) is 4.43. The van der Waals surface area contributed by atoms with Crippen LogP contribution in [0, 0.1) is 0 Å². The van der Waals surface area contributed by atoms with E-state index in [1.165, 1.54) is 4.88 Å². The fraction of sp³-hybridized carbons (Fsp3) is 0.286. The Morgan fingerprint density at radius 1 is 1.39 bits per heavy atom. The Morgan fingerprint density at radius 2 is 2.11 bits per heavy atom. The second-order valence-corrected chi connectivity index (χ2v) is 6.23. The molecular weight excluding hydrogens is 310 g/mol. The SMILES string of the molecule is C[C@@H](O)c1ccccc1N(C)Cc1cc(Br)cs1. The van der Waals surface area contributed by atoms with Gasteiger partial charge in [-0.1, -0.05) is 18.2 Å². The first-order valence-corrected chi connectivity index (χ1v) is 7.46. The third-order valence-corrected chi connectivity index (χ3v) is 4.50. The Balaban J connectivity index is 2.20. The quantitative estimate of drug-likeness (QED) is 0.910. The maximum absolute atomic E-state index is 9.79. The highest BCUT2D eigenvalue weighted by Crippen LogP contribution is 2.28. The summed E-state index contributed by atoms with van der Waals surface area (Å²) in [5, 5.41) is 11.9. The highest BCUT2D eigenvalue weighted by atomic mass is 79.9. The van der Waals surface area contributed by atoms with Crippen molar-refractivity contribution in [3.63, 3.8) is 0 Å². The zero-order valence-corrected chi connectivity index (χ0v) is 12.8.